The van der Waals surface area contributed by atoms with Crippen LogP contribution in [-0.4, -0.2) is 4.98 Å². The van der Waals surface area contributed by atoms with Crippen LogP contribution in [0, 0.1) is 0 Å². The number of nitrogens with zero attached hydrogens (tertiary/aromatic N) is 1. The molecule has 2 aromatic rings. The van der Waals surface area contributed by atoms with Crippen LogP contribution >= 0.6 is 15.9 Å². The van der Waals surface area contributed by atoms with Gasteiger partial charge in [0.15, 0.2) is 0 Å². The normalized spacial score (nSPS) is 14.8. The number of aromatic nitrogens is 1. The number of benzene rings is 1. The van der Waals surface area contributed by atoms with Gasteiger partial charge in [-0.25, -0.2) is 0 Å². The summed E-state index contributed by atoms with van der Waals surface area (Å²) in [6.45, 7) is 1.97. The fourth-order valence-electron chi connectivity index (χ4n) is 2.01. The molecule has 0 saturated heterocycles. The highest BCUT2D eigenvalue weighted by atomic mass is 79.9. The van der Waals surface area contributed by atoms with Gasteiger partial charge in [0.05, 0.1) is 5.56 Å². The lowest BCUT2D eigenvalue weighted by molar-refractivity contribution is -0.137. The van der Waals surface area contributed by atoms with Crippen LogP contribution in [0.5, 0.6) is 0 Å². The van der Waals surface area contributed by atoms with E-state index in [4.69, 9.17) is 0 Å². The molecule has 20 heavy (non-hydrogen) atoms. The largest absolute Gasteiger partial charge is 0.416 e. The third kappa shape index (κ3) is 3.39. The minimum atomic E-state index is -4.32. The fraction of sp³-hybridized carbons (Fsp3) is 0.267. The number of pyridine rings is 1. The molecule has 0 saturated carbocycles. The number of hydrogen-bond acceptors (Lipinski definition) is 1. The van der Waals surface area contributed by atoms with Crippen molar-refractivity contribution in [2.75, 3.05) is 0 Å². The molecule has 5 heteroatoms. The maximum Gasteiger partial charge on any atom is 0.416 e. The Kier molecular flexibility index (Phi) is 4.48. The van der Waals surface area contributed by atoms with Gasteiger partial charge in [-0.1, -0.05) is 41.1 Å². The summed E-state index contributed by atoms with van der Waals surface area (Å²) in [7, 11) is 0. The van der Waals surface area contributed by atoms with Gasteiger partial charge in [0, 0.05) is 17.2 Å². The summed E-state index contributed by atoms with van der Waals surface area (Å²) in [5, 5.41) is 0. The first kappa shape index (κ1) is 15.0. The number of hydrogen-bond donors (Lipinski definition) is 0. The molecule has 0 N–H and O–H groups in total. The van der Waals surface area contributed by atoms with Gasteiger partial charge < -0.3 is 0 Å². The van der Waals surface area contributed by atoms with Gasteiger partial charge in [-0.05, 0) is 35.2 Å². The molecule has 0 aliphatic carbocycles. The van der Waals surface area contributed by atoms with Gasteiger partial charge in [0.25, 0.3) is 0 Å². The summed E-state index contributed by atoms with van der Waals surface area (Å²) < 4.78 is 38.2. The zero-order valence-electron chi connectivity index (χ0n) is 10.7. The van der Waals surface area contributed by atoms with Gasteiger partial charge in [-0.2, -0.15) is 13.2 Å². The van der Waals surface area contributed by atoms with E-state index in [-0.39, 0.29) is 10.7 Å². The number of halogens is 4. The van der Waals surface area contributed by atoms with Crippen molar-refractivity contribution in [3.63, 3.8) is 0 Å². The van der Waals surface area contributed by atoms with E-state index in [1.165, 1.54) is 12.1 Å². The Morgan fingerprint density at radius 3 is 2.30 bits per heavy atom. The van der Waals surface area contributed by atoms with Crippen molar-refractivity contribution in [3.05, 3.63) is 65.5 Å². The number of alkyl halides is 4. The van der Waals surface area contributed by atoms with Crippen LogP contribution in [-0.2, 0) is 6.18 Å². The second kappa shape index (κ2) is 5.95. The van der Waals surface area contributed by atoms with E-state index < -0.39 is 11.7 Å². The Morgan fingerprint density at radius 2 is 1.70 bits per heavy atom. The lowest BCUT2D eigenvalue weighted by atomic mass is 9.93. The van der Waals surface area contributed by atoms with E-state index >= 15 is 0 Å². The van der Waals surface area contributed by atoms with Crippen LogP contribution in [0.3, 0.4) is 0 Å². The van der Waals surface area contributed by atoms with E-state index in [0.717, 1.165) is 11.6 Å². The average molecular weight is 344 g/mol. The highest BCUT2D eigenvalue weighted by Crippen LogP contribution is 2.39. The van der Waals surface area contributed by atoms with E-state index in [0.29, 0.717) is 5.56 Å². The molecule has 1 aromatic carbocycles. The molecule has 2 rings (SSSR count). The molecule has 0 amide bonds. The average Bonchev–Trinajstić information content (AvgIpc) is 2.46. The van der Waals surface area contributed by atoms with Gasteiger partial charge in [0.2, 0.25) is 0 Å². The lowest BCUT2D eigenvalue weighted by Crippen LogP contribution is -2.07. The van der Waals surface area contributed by atoms with Crippen molar-refractivity contribution in [2.24, 2.45) is 0 Å². The molecule has 0 spiro atoms. The fourth-order valence-corrected chi connectivity index (χ4v) is 2.60. The molecule has 1 aromatic heterocycles. The van der Waals surface area contributed by atoms with Crippen molar-refractivity contribution in [1.29, 1.82) is 0 Å². The molecule has 2 atom stereocenters. The number of rotatable bonds is 3. The first-order valence-electron chi connectivity index (χ1n) is 6.10. The Bertz CT molecular complexity index is 569. The molecular formula is C15H13BrF3N. The van der Waals surface area contributed by atoms with Crippen molar-refractivity contribution < 1.29 is 13.2 Å². The highest BCUT2D eigenvalue weighted by molar-refractivity contribution is 9.09. The van der Waals surface area contributed by atoms with Crippen LogP contribution in [0.4, 0.5) is 13.2 Å². The summed E-state index contributed by atoms with van der Waals surface area (Å²) >= 11 is 3.50. The molecule has 0 aliphatic rings. The Morgan fingerprint density at radius 1 is 1.05 bits per heavy atom. The summed E-state index contributed by atoms with van der Waals surface area (Å²) in [4.78, 5) is 3.75. The van der Waals surface area contributed by atoms with Crippen LogP contribution in [0.2, 0.25) is 0 Å². The topological polar surface area (TPSA) is 12.9 Å². The first-order valence-corrected chi connectivity index (χ1v) is 7.02. The zero-order chi connectivity index (χ0) is 14.8. The van der Waals surface area contributed by atoms with Gasteiger partial charge >= 0.3 is 6.18 Å². The van der Waals surface area contributed by atoms with Crippen molar-refractivity contribution >= 4 is 15.9 Å². The molecule has 1 nitrogen and oxygen atoms in total. The molecule has 1 heterocycles. The molecule has 0 aliphatic heterocycles. The van der Waals surface area contributed by atoms with Gasteiger partial charge in [-0.15, -0.1) is 0 Å². The van der Waals surface area contributed by atoms with E-state index in [2.05, 4.69) is 20.9 Å². The monoisotopic (exact) mass is 343 g/mol. The Labute approximate surface area is 124 Å². The molecular weight excluding hydrogens is 331 g/mol. The smallest absolute Gasteiger partial charge is 0.265 e. The third-order valence-electron chi connectivity index (χ3n) is 3.20. The maximum absolute atomic E-state index is 12.7. The zero-order valence-corrected chi connectivity index (χ0v) is 12.3. The standard InChI is InChI=1S/C15H13BrF3N/c1-10(11-5-7-20-8-6-11)14(16)12-3-2-4-13(9-12)15(17,18)19/h2-10,14H,1H3. The summed E-state index contributed by atoms with van der Waals surface area (Å²) in [6, 6.07) is 9.15. The summed E-state index contributed by atoms with van der Waals surface area (Å²) in [6.07, 6.45) is -0.960. The Hall–Kier alpha value is -1.36. The molecule has 2 unspecified atom stereocenters. The predicted octanol–water partition coefficient (Wildman–Crippen LogP) is 5.34. The molecule has 0 fully saturated rings. The minimum absolute atomic E-state index is 0.0430. The SMILES string of the molecule is CC(c1ccncc1)C(Br)c1cccc(C(F)(F)F)c1. The maximum atomic E-state index is 12.7. The molecule has 0 bridgehead atoms. The third-order valence-corrected chi connectivity index (χ3v) is 4.52. The predicted molar refractivity (Wildman–Crippen MR) is 75.8 cm³/mol. The van der Waals surface area contributed by atoms with Crippen LogP contribution in [0.25, 0.3) is 0 Å². The van der Waals surface area contributed by atoms with Crippen LogP contribution < -0.4 is 0 Å². The summed E-state index contributed by atoms with van der Waals surface area (Å²) in [5.41, 5.74) is 1.02. The second-order valence-corrected chi connectivity index (χ2v) is 5.58. The van der Waals surface area contributed by atoms with Gasteiger partial charge in [-0.3, -0.25) is 4.98 Å². The lowest BCUT2D eigenvalue weighted by Gasteiger charge is -2.20. The molecule has 0 radical (unpaired) electrons. The summed E-state index contributed by atoms with van der Waals surface area (Å²) in [5.74, 6) is 0.0430. The van der Waals surface area contributed by atoms with Crippen molar-refractivity contribution in [1.82, 2.24) is 4.98 Å². The van der Waals surface area contributed by atoms with E-state index in [9.17, 15) is 13.2 Å². The quantitative estimate of drug-likeness (QED) is 0.685. The van der Waals surface area contributed by atoms with E-state index in [1.807, 2.05) is 19.1 Å². The molecule has 106 valence electrons. The second-order valence-electron chi connectivity index (χ2n) is 4.59. The van der Waals surface area contributed by atoms with Crippen molar-refractivity contribution in [2.45, 2.75) is 23.8 Å². The van der Waals surface area contributed by atoms with Crippen LogP contribution in [0.15, 0.2) is 48.8 Å². The minimum Gasteiger partial charge on any atom is -0.265 e. The van der Waals surface area contributed by atoms with Crippen molar-refractivity contribution in [3.8, 4) is 0 Å². The first-order chi connectivity index (χ1) is 9.39. The van der Waals surface area contributed by atoms with Gasteiger partial charge in [0.1, 0.15) is 0 Å². The van der Waals surface area contributed by atoms with Crippen LogP contribution in [0.1, 0.15) is 34.4 Å². The Balaban J connectivity index is 2.27. The van der Waals surface area contributed by atoms with E-state index in [1.54, 1.807) is 18.5 Å². The highest BCUT2D eigenvalue weighted by Gasteiger charge is 2.31.